The number of pyridine rings is 1. The molecule has 0 radical (unpaired) electrons. The molecule has 1 aromatic heterocycles. The molecule has 2 heterocycles. The fourth-order valence-electron chi connectivity index (χ4n) is 3.49. The summed E-state index contributed by atoms with van der Waals surface area (Å²) in [6.45, 7) is 3.45. The first-order valence-electron chi connectivity index (χ1n) is 7.54. The first-order chi connectivity index (χ1) is 10.2. The minimum Gasteiger partial charge on any atom is -0.409 e. The van der Waals surface area contributed by atoms with Crippen molar-refractivity contribution in [2.45, 2.75) is 44.8 Å². The molecule has 6 nitrogen and oxygen atoms in total. The van der Waals surface area contributed by atoms with Gasteiger partial charge in [-0.15, -0.1) is 0 Å². The van der Waals surface area contributed by atoms with Crippen LogP contribution in [0.5, 0.6) is 0 Å². The van der Waals surface area contributed by atoms with Gasteiger partial charge in [0.15, 0.2) is 5.84 Å². The molecule has 2 fully saturated rings. The third kappa shape index (κ3) is 2.55. The molecule has 1 saturated heterocycles. The minimum atomic E-state index is 0.120. The van der Waals surface area contributed by atoms with E-state index in [2.05, 4.69) is 15.0 Å². The van der Waals surface area contributed by atoms with Crippen molar-refractivity contribution in [2.75, 3.05) is 18.1 Å². The number of nitrogens with two attached hydrogens (primary N) is 1. The zero-order chi connectivity index (χ0) is 14.8. The van der Waals surface area contributed by atoms with Crippen molar-refractivity contribution >= 4 is 11.7 Å². The zero-order valence-electron chi connectivity index (χ0n) is 12.3. The van der Waals surface area contributed by atoms with E-state index in [1.807, 2.05) is 13.0 Å². The normalized spacial score (nSPS) is 26.5. The first kappa shape index (κ1) is 14.1. The number of fused-ring (bicyclic) bond motifs is 1. The van der Waals surface area contributed by atoms with Crippen LogP contribution in [0.15, 0.2) is 17.4 Å². The van der Waals surface area contributed by atoms with Crippen molar-refractivity contribution in [1.29, 1.82) is 0 Å². The van der Waals surface area contributed by atoms with Gasteiger partial charge in [0, 0.05) is 12.7 Å². The van der Waals surface area contributed by atoms with E-state index in [0.29, 0.717) is 12.6 Å². The summed E-state index contributed by atoms with van der Waals surface area (Å²) in [7, 11) is 0. The lowest BCUT2D eigenvalue weighted by Crippen LogP contribution is -2.53. The molecule has 0 amide bonds. The number of hydrogen-bond acceptors (Lipinski definition) is 5. The van der Waals surface area contributed by atoms with E-state index in [1.54, 1.807) is 6.20 Å². The van der Waals surface area contributed by atoms with Crippen LogP contribution >= 0.6 is 0 Å². The van der Waals surface area contributed by atoms with Gasteiger partial charge >= 0.3 is 0 Å². The summed E-state index contributed by atoms with van der Waals surface area (Å²) in [5.41, 5.74) is 7.57. The Balaban J connectivity index is 2.01. The predicted octanol–water partition coefficient (Wildman–Crippen LogP) is 1.63. The van der Waals surface area contributed by atoms with Crippen LogP contribution in [0.4, 0.5) is 5.82 Å². The van der Waals surface area contributed by atoms with Gasteiger partial charge in [-0.1, -0.05) is 18.0 Å². The van der Waals surface area contributed by atoms with Crippen LogP contribution in [0.2, 0.25) is 0 Å². The van der Waals surface area contributed by atoms with E-state index in [-0.39, 0.29) is 11.9 Å². The number of ether oxygens (including phenoxy) is 1. The summed E-state index contributed by atoms with van der Waals surface area (Å²) < 4.78 is 5.91. The number of nitrogens with zero attached hydrogens (tertiary/aromatic N) is 3. The van der Waals surface area contributed by atoms with E-state index in [1.165, 1.54) is 12.8 Å². The van der Waals surface area contributed by atoms with Gasteiger partial charge in [-0.2, -0.15) is 0 Å². The quantitative estimate of drug-likeness (QED) is 0.374. The summed E-state index contributed by atoms with van der Waals surface area (Å²) in [6, 6.07) is 2.22. The molecule has 21 heavy (non-hydrogen) atoms. The van der Waals surface area contributed by atoms with E-state index in [0.717, 1.165) is 36.3 Å². The van der Waals surface area contributed by atoms with Crippen LogP contribution in [-0.4, -0.2) is 41.3 Å². The number of anilines is 1. The Hall–Kier alpha value is -1.82. The van der Waals surface area contributed by atoms with Crippen molar-refractivity contribution in [1.82, 2.24) is 4.98 Å². The van der Waals surface area contributed by atoms with Crippen LogP contribution < -0.4 is 10.6 Å². The average molecular weight is 290 g/mol. The van der Waals surface area contributed by atoms with Gasteiger partial charge in [-0.25, -0.2) is 4.98 Å². The Kier molecular flexibility index (Phi) is 3.96. The summed E-state index contributed by atoms with van der Waals surface area (Å²) >= 11 is 0. The standard InChI is InChI=1S/C15H22N4O2/c1-10-6-7-17-15(13(10)14(16)18-20)19-8-9-21-12-5-3-2-4-11(12)19/h6-7,11-12,20H,2-5,8-9H2,1H3,(H2,16,18). The van der Waals surface area contributed by atoms with Gasteiger partial charge in [0.25, 0.3) is 0 Å². The maximum Gasteiger partial charge on any atom is 0.174 e. The minimum absolute atomic E-state index is 0.120. The summed E-state index contributed by atoms with van der Waals surface area (Å²) in [6.07, 6.45) is 6.71. The molecular formula is C15H22N4O2. The van der Waals surface area contributed by atoms with Gasteiger partial charge in [0.05, 0.1) is 24.3 Å². The maximum atomic E-state index is 9.06. The highest BCUT2D eigenvalue weighted by Crippen LogP contribution is 2.33. The van der Waals surface area contributed by atoms with Crippen molar-refractivity contribution < 1.29 is 9.94 Å². The predicted molar refractivity (Wildman–Crippen MR) is 80.8 cm³/mol. The van der Waals surface area contributed by atoms with Gasteiger partial charge in [-0.3, -0.25) is 0 Å². The fraction of sp³-hybridized carbons (Fsp3) is 0.600. The lowest BCUT2D eigenvalue weighted by molar-refractivity contribution is -0.00900. The van der Waals surface area contributed by atoms with Crippen molar-refractivity contribution in [3.8, 4) is 0 Å². The highest BCUT2D eigenvalue weighted by molar-refractivity contribution is 6.02. The molecule has 3 rings (SSSR count). The first-order valence-corrected chi connectivity index (χ1v) is 7.54. The number of aromatic nitrogens is 1. The largest absolute Gasteiger partial charge is 0.409 e. The van der Waals surface area contributed by atoms with Gasteiger partial charge in [0.1, 0.15) is 5.82 Å². The van der Waals surface area contributed by atoms with Crippen LogP contribution in [0.25, 0.3) is 0 Å². The fourth-order valence-corrected chi connectivity index (χ4v) is 3.49. The van der Waals surface area contributed by atoms with E-state index in [4.69, 9.17) is 15.7 Å². The van der Waals surface area contributed by atoms with E-state index in [9.17, 15) is 0 Å². The number of rotatable bonds is 2. The average Bonchev–Trinajstić information content (AvgIpc) is 2.53. The van der Waals surface area contributed by atoms with E-state index < -0.39 is 0 Å². The number of oxime groups is 1. The molecule has 114 valence electrons. The molecule has 0 spiro atoms. The number of hydrogen-bond donors (Lipinski definition) is 2. The van der Waals surface area contributed by atoms with Crippen LogP contribution in [-0.2, 0) is 4.74 Å². The molecule has 1 aliphatic carbocycles. The maximum absolute atomic E-state index is 9.06. The lowest BCUT2D eigenvalue weighted by atomic mass is 9.89. The second kappa shape index (κ2) is 5.89. The smallest absolute Gasteiger partial charge is 0.174 e. The topological polar surface area (TPSA) is 84.0 Å². The molecule has 2 atom stereocenters. The van der Waals surface area contributed by atoms with Crippen molar-refractivity contribution in [3.05, 3.63) is 23.4 Å². The van der Waals surface area contributed by atoms with E-state index >= 15 is 0 Å². The lowest BCUT2D eigenvalue weighted by Gasteiger charge is -2.45. The molecule has 2 unspecified atom stereocenters. The molecule has 1 aliphatic heterocycles. The second-order valence-corrected chi connectivity index (χ2v) is 5.77. The molecule has 0 bridgehead atoms. The molecule has 0 aromatic carbocycles. The highest BCUT2D eigenvalue weighted by Gasteiger charge is 2.36. The van der Waals surface area contributed by atoms with Crippen molar-refractivity contribution in [3.63, 3.8) is 0 Å². The SMILES string of the molecule is Cc1ccnc(N2CCOC3CCCCC32)c1/C(N)=N/O. The number of aryl methyl sites for hydroxylation is 1. The van der Waals surface area contributed by atoms with Gasteiger partial charge in [0.2, 0.25) is 0 Å². The summed E-state index contributed by atoms with van der Waals surface area (Å²) in [4.78, 5) is 6.81. The Morgan fingerprint density at radius 2 is 2.29 bits per heavy atom. The Bertz CT molecular complexity index is 544. The van der Waals surface area contributed by atoms with Crippen LogP contribution in [0.3, 0.4) is 0 Å². The van der Waals surface area contributed by atoms with Crippen LogP contribution in [0, 0.1) is 6.92 Å². The second-order valence-electron chi connectivity index (χ2n) is 5.77. The number of amidine groups is 1. The van der Waals surface area contributed by atoms with Gasteiger partial charge < -0.3 is 20.6 Å². The molecular weight excluding hydrogens is 268 g/mol. The van der Waals surface area contributed by atoms with Gasteiger partial charge in [-0.05, 0) is 31.4 Å². The summed E-state index contributed by atoms with van der Waals surface area (Å²) in [5.74, 6) is 0.931. The Morgan fingerprint density at radius 3 is 3.10 bits per heavy atom. The molecule has 2 aliphatic rings. The van der Waals surface area contributed by atoms with Crippen LogP contribution in [0.1, 0.15) is 36.8 Å². The monoisotopic (exact) mass is 290 g/mol. The number of morpholine rings is 1. The highest BCUT2D eigenvalue weighted by atomic mass is 16.5. The molecule has 1 saturated carbocycles. The third-order valence-corrected chi connectivity index (χ3v) is 4.51. The summed E-state index contributed by atoms with van der Waals surface area (Å²) in [5, 5.41) is 12.2. The third-order valence-electron chi connectivity index (χ3n) is 4.51. The van der Waals surface area contributed by atoms with Crippen molar-refractivity contribution in [2.24, 2.45) is 10.9 Å². The Morgan fingerprint density at radius 1 is 1.48 bits per heavy atom. The zero-order valence-corrected chi connectivity index (χ0v) is 12.3. The Labute approximate surface area is 124 Å². The molecule has 1 aromatic rings. The molecule has 6 heteroatoms. The molecule has 3 N–H and O–H groups in total.